The topological polar surface area (TPSA) is 70.4 Å². The Labute approximate surface area is 144 Å². The highest BCUT2D eigenvalue weighted by atomic mass is 16.3. The van der Waals surface area contributed by atoms with Crippen molar-refractivity contribution in [2.45, 2.75) is 57.1 Å². The van der Waals surface area contributed by atoms with Gasteiger partial charge in [-0.15, -0.1) is 0 Å². The second-order valence-corrected chi connectivity index (χ2v) is 7.67. The number of carbonyl (C=O) groups excluding carboxylic acids is 1. The van der Waals surface area contributed by atoms with Crippen molar-refractivity contribution >= 4 is 5.91 Å². The Morgan fingerprint density at radius 3 is 2.79 bits per heavy atom. The molecule has 2 heterocycles. The molecule has 0 spiro atoms. The summed E-state index contributed by atoms with van der Waals surface area (Å²) in [6, 6.07) is 0.676. The van der Waals surface area contributed by atoms with Crippen LogP contribution in [-0.2, 0) is 17.4 Å². The van der Waals surface area contributed by atoms with Gasteiger partial charge in [-0.3, -0.25) is 14.4 Å². The molecule has 3 rings (SSSR count). The Bertz CT molecular complexity index is 563. The lowest BCUT2D eigenvalue weighted by molar-refractivity contribution is -0.125. The van der Waals surface area contributed by atoms with Crippen LogP contribution in [0, 0.1) is 5.92 Å². The zero-order valence-electron chi connectivity index (χ0n) is 14.9. The molecule has 1 saturated carbocycles. The Morgan fingerprint density at radius 2 is 2.12 bits per heavy atom. The van der Waals surface area contributed by atoms with Crippen molar-refractivity contribution in [2.75, 3.05) is 19.6 Å². The van der Waals surface area contributed by atoms with E-state index in [-0.39, 0.29) is 18.4 Å². The SMILES string of the molecule is Cn1cc(C(C)(O)CNC(=O)C2CCN(C3CCCCC3)C2)cn1. The van der Waals surface area contributed by atoms with Gasteiger partial charge in [-0.1, -0.05) is 19.3 Å². The van der Waals surface area contributed by atoms with Crippen LogP contribution in [-0.4, -0.2) is 51.4 Å². The third kappa shape index (κ3) is 3.98. The number of rotatable bonds is 5. The largest absolute Gasteiger partial charge is 0.383 e. The van der Waals surface area contributed by atoms with E-state index in [9.17, 15) is 9.90 Å². The third-order valence-electron chi connectivity index (χ3n) is 5.62. The van der Waals surface area contributed by atoms with E-state index in [1.807, 2.05) is 7.05 Å². The standard InChI is InChI=1S/C18H30N4O2/c1-18(24,15-10-20-21(2)12-15)13-19-17(23)14-8-9-22(11-14)16-6-4-3-5-7-16/h10,12,14,16,24H,3-9,11,13H2,1-2H3,(H,19,23). The number of aromatic nitrogens is 2. The van der Waals surface area contributed by atoms with Crippen LogP contribution in [0.25, 0.3) is 0 Å². The van der Waals surface area contributed by atoms with Crippen molar-refractivity contribution in [3.05, 3.63) is 18.0 Å². The monoisotopic (exact) mass is 334 g/mol. The van der Waals surface area contributed by atoms with Gasteiger partial charge in [0.25, 0.3) is 0 Å². The molecule has 134 valence electrons. The average Bonchev–Trinajstić information content (AvgIpc) is 3.23. The smallest absolute Gasteiger partial charge is 0.224 e. The van der Waals surface area contributed by atoms with Crippen LogP contribution in [0.15, 0.2) is 12.4 Å². The fourth-order valence-electron chi connectivity index (χ4n) is 3.98. The highest BCUT2D eigenvalue weighted by molar-refractivity contribution is 5.79. The van der Waals surface area contributed by atoms with Crippen molar-refractivity contribution in [1.82, 2.24) is 20.0 Å². The second-order valence-electron chi connectivity index (χ2n) is 7.67. The Balaban J connectivity index is 1.48. The van der Waals surface area contributed by atoms with Crippen molar-refractivity contribution in [3.8, 4) is 0 Å². The lowest BCUT2D eigenvalue weighted by atomic mass is 9.94. The van der Waals surface area contributed by atoms with Gasteiger partial charge in [-0.25, -0.2) is 0 Å². The Morgan fingerprint density at radius 1 is 1.38 bits per heavy atom. The molecule has 0 aromatic carbocycles. The van der Waals surface area contributed by atoms with E-state index in [4.69, 9.17) is 0 Å². The summed E-state index contributed by atoms with van der Waals surface area (Å²) in [6.45, 7) is 3.83. The number of carbonyl (C=O) groups is 1. The molecule has 2 atom stereocenters. The highest BCUT2D eigenvalue weighted by Gasteiger charge is 2.34. The molecule has 1 aliphatic heterocycles. The van der Waals surface area contributed by atoms with Gasteiger partial charge in [0.1, 0.15) is 5.60 Å². The fraction of sp³-hybridized carbons (Fsp3) is 0.778. The summed E-state index contributed by atoms with van der Waals surface area (Å²) in [5.41, 5.74) is -0.369. The third-order valence-corrected chi connectivity index (χ3v) is 5.62. The predicted molar refractivity (Wildman–Crippen MR) is 92.3 cm³/mol. The van der Waals surface area contributed by atoms with Gasteiger partial charge in [-0.05, 0) is 32.7 Å². The lowest BCUT2D eigenvalue weighted by Crippen LogP contribution is -2.42. The maximum Gasteiger partial charge on any atom is 0.224 e. The predicted octanol–water partition coefficient (Wildman–Crippen LogP) is 1.40. The van der Waals surface area contributed by atoms with Crippen LogP contribution < -0.4 is 5.32 Å². The number of amides is 1. The lowest BCUT2D eigenvalue weighted by Gasteiger charge is -2.31. The molecule has 0 radical (unpaired) electrons. The molecule has 1 amide bonds. The van der Waals surface area contributed by atoms with Crippen LogP contribution in [0.3, 0.4) is 0 Å². The molecule has 1 aromatic rings. The van der Waals surface area contributed by atoms with E-state index in [2.05, 4.69) is 15.3 Å². The van der Waals surface area contributed by atoms with E-state index in [0.29, 0.717) is 6.04 Å². The summed E-state index contributed by atoms with van der Waals surface area (Å²) < 4.78 is 1.66. The van der Waals surface area contributed by atoms with Crippen LogP contribution >= 0.6 is 0 Å². The van der Waals surface area contributed by atoms with E-state index in [1.54, 1.807) is 24.0 Å². The van der Waals surface area contributed by atoms with Gasteiger partial charge in [0, 0.05) is 31.4 Å². The summed E-state index contributed by atoms with van der Waals surface area (Å²) in [4.78, 5) is 15.0. The van der Waals surface area contributed by atoms with Crippen molar-refractivity contribution in [2.24, 2.45) is 13.0 Å². The summed E-state index contributed by atoms with van der Waals surface area (Å²) in [5.74, 6) is 0.120. The van der Waals surface area contributed by atoms with Crippen LogP contribution in [0.1, 0.15) is 51.0 Å². The van der Waals surface area contributed by atoms with Gasteiger partial charge in [0.2, 0.25) is 5.91 Å². The summed E-state index contributed by atoms with van der Waals surface area (Å²) in [5, 5.41) is 17.6. The maximum absolute atomic E-state index is 12.5. The molecule has 24 heavy (non-hydrogen) atoms. The maximum atomic E-state index is 12.5. The van der Waals surface area contributed by atoms with Gasteiger partial charge in [0.15, 0.2) is 0 Å². The Hall–Kier alpha value is -1.40. The Kier molecular flexibility index (Phi) is 5.25. The van der Waals surface area contributed by atoms with Crippen molar-refractivity contribution in [1.29, 1.82) is 0 Å². The van der Waals surface area contributed by atoms with E-state index >= 15 is 0 Å². The molecule has 1 saturated heterocycles. The molecule has 1 aromatic heterocycles. The number of nitrogens with one attached hydrogen (secondary N) is 1. The molecular formula is C18H30N4O2. The second kappa shape index (κ2) is 7.23. The molecule has 1 aliphatic carbocycles. The molecule has 2 N–H and O–H groups in total. The zero-order valence-corrected chi connectivity index (χ0v) is 14.9. The molecule has 6 heteroatoms. The minimum Gasteiger partial charge on any atom is -0.383 e. The van der Waals surface area contributed by atoms with Gasteiger partial charge in [-0.2, -0.15) is 5.10 Å². The minimum absolute atomic E-state index is 0.0524. The van der Waals surface area contributed by atoms with Gasteiger partial charge in [0.05, 0.1) is 18.7 Å². The molecule has 2 unspecified atom stereocenters. The number of aryl methyl sites for hydroxylation is 1. The highest BCUT2D eigenvalue weighted by Crippen LogP contribution is 2.28. The normalized spacial score (nSPS) is 25.5. The van der Waals surface area contributed by atoms with E-state index in [0.717, 1.165) is 25.1 Å². The zero-order chi connectivity index (χ0) is 17.2. The van der Waals surface area contributed by atoms with E-state index in [1.165, 1.54) is 32.1 Å². The van der Waals surface area contributed by atoms with Crippen LogP contribution in [0.5, 0.6) is 0 Å². The molecule has 0 bridgehead atoms. The first-order chi connectivity index (χ1) is 11.5. The van der Waals surface area contributed by atoms with Gasteiger partial charge < -0.3 is 10.4 Å². The summed E-state index contributed by atoms with van der Waals surface area (Å²) in [6.07, 6.45) is 10.9. The molecule has 2 aliphatic rings. The number of likely N-dealkylation sites (tertiary alicyclic amines) is 1. The molecule has 6 nitrogen and oxygen atoms in total. The first-order valence-electron chi connectivity index (χ1n) is 9.19. The quantitative estimate of drug-likeness (QED) is 0.854. The van der Waals surface area contributed by atoms with Crippen LogP contribution in [0.2, 0.25) is 0 Å². The number of aliphatic hydroxyl groups is 1. The van der Waals surface area contributed by atoms with Crippen LogP contribution in [0.4, 0.5) is 0 Å². The number of hydrogen-bond acceptors (Lipinski definition) is 4. The minimum atomic E-state index is -1.09. The molecule has 2 fully saturated rings. The first-order valence-corrected chi connectivity index (χ1v) is 9.19. The summed E-state index contributed by atoms with van der Waals surface area (Å²) >= 11 is 0. The van der Waals surface area contributed by atoms with Crippen molar-refractivity contribution in [3.63, 3.8) is 0 Å². The molecular weight excluding hydrogens is 304 g/mol. The van der Waals surface area contributed by atoms with Crippen molar-refractivity contribution < 1.29 is 9.90 Å². The fourth-order valence-corrected chi connectivity index (χ4v) is 3.98. The van der Waals surface area contributed by atoms with Gasteiger partial charge >= 0.3 is 0 Å². The number of nitrogens with zero attached hydrogens (tertiary/aromatic N) is 3. The average molecular weight is 334 g/mol. The van der Waals surface area contributed by atoms with E-state index < -0.39 is 5.60 Å². The first kappa shape index (κ1) is 17.4. The number of hydrogen-bond donors (Lipinski definition) is 2. The summed E-state index contributed by atoms with van der Waals surface area (Å²) in [7, 11) is 1.82.